The highest BCUT2D eigenvalue weighted by Gasteiger charge is 2.20. The van der Waals surface area contributed by atoms with Crippen molar-refractivity contribution in [2.24, 2.45) is 0 Å². The van der Waals surface area contributed by atoms with Crippen molar-refractivity contribution in [1.29, 1.82) is 0 Å². The van der Waals surface area contributed by atoms with E-state index < -0.39 is 18.0 Å². The number of hydrogen-bond donors (Lipinski definition) is 1. The van der Waals surface area contributed by atoms with Gasteiger partial charge in [0.15, 0.2) is 17.6 Å². The lowest BCUT2D eigenvalue weighted by molar-refractivity contribution is -0.128. The Bertz CT molecular complexity index is 1240. The Balaban J connectivity index is 1.45. The van der Waals surface area contributed by atoms with Crippen LogP contribution in [0.5, 0.6) is 11.5 Å². The van der Waals surface area contributed by atoms with E-state index in [9.17, 15) is 9.18 Å². The number of nitrogens with zero attached hydrogens (tertiary/aromatic N) is 4. The average Bonchev–Trinajstić information content (AvgIpc) is 3.23. The zero-order valence-corrected chi connectivity index (χ0v) is 17.8. The molecule has 4 aromatic rings. The van der Waals surface area contributed by atoms with Crippen molar-refractivity contribution >= 4 is 11.6 Å². The fraction of sp³-hybridized carbons (Fsp3) is 0.217. The first-order chi connectivity index (χ1) is 15.4. The fourth-order valence-electron chi connectivity index (χ4n) is 3.11. The minimum absolute atomic E-state index is 0.281. The molecule has 8 nitrogen and oxygen atoms in total. The molecule has 2 atom stereocenters. The summed E-state index contributed by atoms with van der Waals surface area (Å²) in [7, 11) is 1.62. The van der Waals surface area contributed by atoms with E-state index in [1.807, 2.05) is 30.3 Å². The van der Waals surface area contributed by atoms with Gasteiger partial charge >= 0.3 is 0 Å². The molecule has 0 saturated carbocycles. The molecule has 0 radical (unpaired) electrons. The number of carbonyl (C=O) groups excluding carboxylic acids is 1. The van der Waals surface area contributed by atoms with E-state index in [0.29, 0.717) is 11.5 Å². The predicted octanol–water partition coefficient (Wildman–Crippen LogP) is 3.58. The maximum absolute atomic E-state index is 13.3. The minimum Gasteiger partial charge on any atom is -0.497 e. The number of aromatic nitrogens is 4. The maximum atomic E-state index is 13.3. The van der Waals surface area contributed by atoms with Crippen molar-refractivity contribution in [2.45, 2.75) is 26.0 Å². The van der Waals surface area contributed by atoms with Gasteiger partial charge in [-0.2, -0.15) is 0 Å². The maximum Gasteiger partial charge on any atom is 0.261 e. The molecule has 0 aliphatic carbocycles. The first-order valence-corrected chi connectivity index (χ1v) is 10.0. The summed E-state index contributed by atoms with van der Waals surface area (Å²) < 4.78 is 25.6. The second kappa shape index (κ2) is 9.01. The Labute approximate surface area is 184 Å². The van der Waals surface area contributed by atoms with E-state index in [2.05, 4.69) is 20.4 Å². The van der Waals surface area contributed by atoms with Crippen LogP contribution >= 0.6 is 0 Å². The van der Waals surface area contributed by atoms with E-state index in [1.165, 1.54) is 18.2 Å². The number of nitrogens with one attached hydrogen (secondary N) is 1. The van der Waals surface area contributed by atoms with Crippen LogP contribution in [-0.2, 0) is 4.79 Å². The average molecular weight is 435 g/mol. The molecule has 0 aliphatic heterocycles. The van der Waals surface area contributed by atoms with E-state index in [0.717, 1.165) is 17.0 Å². The van der Waals surface area contributed by atoms with Crippen LogP contribution < -0.4 is 14.8 Å². The Hall–Kier alpha value is -4.01. The summed E-state index contributed by atoms with van der Waals surface area (Å²) in [4.78, 5) is 21.5. The van der Waals surface area contributed by atoms with Gasteiger partial charge in [-0.3, -0.25) is 4.79 Å². The third-order valence-electron chi connectivity index (χ3n) is 4.86. The van der Waals surface area contributed by atoms with Gasteiger partial charge < -0.3 is 14.8 Å². The molecular weight excluding hydrogens is 413 g/mol. The second-order valence-electron chi connectivity index (χ2n) is 7.22. The zero-order valence-electron chi connectivity index (χ0n) is 17.8. The third-order valence-corrected chi connectivity index (χ3v) is 4.86. The number of halogens is 1. The number of fused-ring (bicyclic) bond motifs is 1. The summed E-state index contributed by atoms with van der Waals surface area (Å²) in [5, 5.41) is 7.22. The number of carbonyl (C=O) groups is 1. The first kappa shape index (κ1) is 21.2. The van der Waals surface area contributed by atoms with Gasteiger partial charge in [0, 0.05) is 17.7 Å². The molecule has 2 aromatic heterocycles. The highest BCUT2D eigenvalue weighted by molar-refractivity contribution is 5.81. The lowest BCUT2D eigenvalue weighted by Gasteiger charge is -2.17. The third kappa shape index (κ3) is 4.66. The van der Waals surface area contributed by atoms with Crippen LogP contribution in [-0.4, -0.2) is 38.7 Å². The molecule has 0 aliphatic rings. The van der Waals surface area contributed by atoms with Crippen molar-refractivity contribution in [3.05, 3.63) is 72.6 Å². The molecule has 0 bridgehead atoms. The normalized spacial score (nSPS) is 12.9. The van der Waals surface area contributed by atoms with Gasteiger partial charge in [0.25, 0.3) is 5.91 Å². The van der Waals surface area contributed by atoms with Crippen molar-refractivity contribution in [2.75, 3.05) is 7.11 Å². The van der Waals surface area contributed by atoms with Crippen LogP contribution in [0.4, 0.5) is 4.39 Å². The molecule has 9 heteroatoms. The highest BCUT2D eigenvalue weighted by atomic mass is 19.1. The largest absolute Gasteiger partial charge is 0.497 e. The van der Waals surface area contributed by atoms with E-state index in [-0.39, 0.29) is 11.7 Å². The Morgan fingerprint density at radius 3 is 2.59 bits per heavy atom. The summed E-state index contributed by atoms with van der Waals surface area (Å²) in [5.74, 6) is 0.686. The molecule has 0 saturated heterocycles. The number of amides is 1. The quantitative estimate of drug-likeness (QED) is 0.477. The minimum atomic E-state index is -0.820. The summed E-state index contributed by atoms with van der Waals surface area (Å²) in [5.41, 5.74) is 2.27. The van der Waals surface area contributed by atoms with E-state index in [1.54, 1.807) is 37.9 Å². The summed E-state index contributed by atoms with van der Waals surface area (Å²) >= 11 is 0. The second-order valence-corrected chi connectivity index (χ2v) is 7.22. The van der Waals surface area contributed by atoms with Crippen molar-refractivity contribution in [3.63, 3.8) is 0 Å². The van der Waals surface area contributed by atoms with Crippen LogP contribution in [0.15, 0.2) is 60.9 Å². The van der Waals surface area contributed by atoms with E-state index >= 15 is 0 Å². The molecule has 1 N–H and O–H groups in total. The molecule has 1 amide bonds. The van der Waals surface area contributed by atoms with Crippen molar-refractivity contribution in [1.82, 2.24) is 24.9 Å². The lowest BCUT2D eigenvalue weighted by atomic mass is 10.1. The predicted molar refractivity (Wildman–Crippen MR) is 116 cm³/mol. The highest BCUT2D eigenvalue weighted by Crippen LogP contribution is 2.22. The summed E-state index contributed by atoms with van der Waals surface area (Å²) in [6, 6.07) is 14.6. The van der Waals surface area contributed by atoms with Crippen LogP contribution in [0.25, 0.3) is 16.9 Å². The number of methoxy groups -OCH3 is 1. The molecule has 0 spiro atoms. The zero-order chi connectivity index (χ0) is 22.7. The molecule has 164 valence electrons. The number of rotatable bonds is 7. The van der Waals surface area contributed by atoms with Gasteiger partial charge in [-0.15, -0.1) is 5.10 Å². The van der Waals surface area contributed by atoms with Gasteiger partial charge in [-0.05, 0) is 50.2 Å². The molecule has 32 heavy (non-hydrogen) atoms. The summed E-state index contributed by atoms with van der Waals surface area (Å²) in [6.45, 7) is 3.37. The van der Waals surface area contributed by atoms with Crippen LogP contribution in [0.1, 0.15) is 25.7 Å². The standard InChI is InChI=1S/C23H22FN5O3/c1-14(26-23(30)15(2)32-19-6-4-5-17(24)11-19)22-27-21-12-20(25-13-29(21)28-22)16-7-9-18(31-3)10-8-16/h4-15H,1-3H3,(H,26,30)/t14-,15-/m0/s1. The molecule has 4 rings (SSSR count). The molecule has 2 aromatic carbocycles. The Morgan fingerprint density at radius 1 is 1.09 bits per heavy atom. The smallest absolute Gasteiger partial charge is 0.261 e. The molecular formula is C23H22FN5O3. The van der Waals surface area contributed by atoms with Crippen LogP contribution in [0, 0.1) is 5.82 Å². The molecule has 0 fully saturated rings. The van der Waals surface area contributed by atoms with Gasteiger partial charge in [-0.25, -0.2) is 18.9 Å². The monoisotopic (exact) mass is 435 g/mol. The Kier molecular flexibility index (Phi) is 5.98. The van der Waals surface area contributed by atoms with Gasteiger partial charge in [0.05, 0.1) is 18.8 Å². The summed E-state index contributed by atoms with van der Waals surface area (Å²) in [6.07, 6.45) is 0.759. The molecule has 2 heterocycles. The SMILES string of the molecule is COc1ccc(-c2cc3nc([C@H](C)NC(=O)[C@H](C)Oc4cccc(F)c4)nn3cn2)cc1. The van der Waals surface area contributed by atoms with Crippen molar-refractivity contribution < 1.29 is 18.7 Å². The van der Waals surface area contributed by atoms with Crippen LogP contribution in [0.2, 0.25) is 0 Å². The van der Waals surface area contributed by atoms with Gasteiger partial charge in [0.2, 0.25) is 0 Å². The van der Waals surface area contributed by atoms with E-state index in [4.69, 9.17) is 9.47 Å². The Morgan fingerprint density at radius 2 is 1.88 bits per heavy atom. The number of ether oxygens (including phenoxy) is 2. The first-order valence-electron chi connectivity index (χ1n) is 10.0. The van der Waals surface area contributed by atoms with Crippen molar-refractivity contribution in [3.8, 4) is 22.8 Å². The van der Waals surface area contributed by atoms with Gasteiger partial charge in [-0.1, -0.05) is 6.07 Å². The lowest BCUT2D eigenvalue weighted by Crippen LogP contribution is -2.38. The topological polar surface area (TPSA) is 90.6 Å². The fourth-order valence-corrected chi connectivity index (χ4v) is 3.11. The van der Waals surface area contributed by atoms with Gasteiger partial charge in [0.1, 0.15) is 23.6 Å². The number of hydrogen-bond acceptors (Lipinski definition) is 6. The molecule has 0 unspecified atom stereocenters. The number of benzene rings is 2. The van der Waals surface area contributed by atoms with Crippen LogP contribution in [0.3, 0.4) is 0 Å².